The molecule has 0 aliphatic rings. The van der Waals surface area contributed by atoms with Gasteiger partial charge in [0.15, 0.2) is 6.61 Å². The fourth-order valence-electron chi connectivity index (χ4n) is 2.09. The first-order chi connectivity index (χ1) is 12.1. The van der Waals surface area contributed by atoms with E-state index in [1.54, 1.807) is 24.3 Å². The van der Waals surface area contributed by atoms with Crippen molar-refractivity contribution in [3.05, 3.63) is 70.3 Å². The summed E-state index contributed by atoms with van der Waals surface area (Å²) in [5, 5.41) is 5.73. The second-order valence-corrected chi connectivity index (χ2v) is 5.89. The Morgan fingerprint density at radius 3 is 2.72 bits per heavy atom. The maximum atomic E-state index is 11.7. The third-order valence-electron chi connectivity index (χ3n) is 3.28. The fraction of sp³-hybridized carbons (Fsp3) is 0.0556. The molecule has 0 saturated heterocycles. The summed E-state index contributed by atoms with van der Waals surface area (Å²) in [4.78, 5) is 16.0. The molecule has 2 aromatic carbocycles. The van der Waals surface area contributed by atoms with Gasteiger partial charge in [-0.3, -0.25) is 4.79 Å². The molecule has 3 rings (SSSR count). The standard InChI is InChI=1S/C18H13Cl2N3O2/c19-14-5-7-15(8-6-14)25-11-17(24)23-21-10-13-9-12-3-1-2-4-16(12)22-18(13)20/h1-10H,11H2,(H,23,24)/b21-10-. The highest BCUT2D eigenvalue weighted by molar-refractivity contribution is 6.32. The lowest BCUT2D eigenvalue weighted by Crippen LogP contribution is -2.24. The summed E-state index contributed by atoms with van der Waals surface area (Å²) in [6, 6.07) is 16.2. The van der Waals surface area contributed by atoms with E-state index in [4.69, 9.17) is 27.9 Å². The maximum absolute atomic E-state index is 11.7. The van der Waals surface area contributed by atoms with Gasteiger partial charge in [0.2, 0.25) is 0 Å². The first kappa shape index (κ1) is 17.2. The Morgan fingerprint density at radius 1 is 1.16 bits per heavy atom. The Kier molecular flexibility index (Phi) is 5.48. The topological polar surface area (TPSA) is 63.6 Å². The van der Waals surface area contributed by atoms with E-state index < -0.39 is 5.91 Å². The fourth-order valence-corrected chi connectivity index (χ4v) is 2.41. The van der Waals surface area contributed by atoms with Crippen molar-refractivity contribution in [2.75, 3.05) is 6.61 Å². The number of pyridine rings is 1. The lowest BCUT2D eigenvalue weighted by molar-refractivity contribution is -0.123. The Labute approximate surface area is 154 Å². The van der Waals surface area contributed by atoms with Crippen LogP contribution >= 0.6 is 23.2 Å². The van der Waals surface area contributed by atoms with Gasteiger partial charge < -0.3 is 4.74 Å². The smallest absolute Gasteiger partial charge is 0.277 e. The van der Waals surface area contributed by atoms with E-state index in [0.717, 1.165) is 10.9 Å². The third-order valence-corrected chi connectivity index (χ3v) is 3.84. The molecular formula is C18H13Cl2N3O2. The molecule has 0 saturated carbocycles. The largest absolute Gasteiger partial charge is 0.484 e. The number of aromatic nitrogens is 1. The summed E-state index contributed by atoms with van der Waals surface area (Å²) in [6.45, 7) is -0.164. The molecular weight excluding hydrogens is 361 g/mol. The number of carbonyl (C=O) groups is 1. The molecule has 1 aromatic heterocycles. The van der Waals surface area contributed by atoms with Crippen LogP contribution in [0.2, 0.25) is 10.2 Å². The molecule has 0 unspecified atom stereocenters. The molecule has 1 amide bonds. The first-order valence-electron chi connectivity index (χ1n) is 7.37. The zero-order valence-electron chi connectivity index (χ0n) is 12.9. The highest BCUT2D eigenvalue weighted by Crippen LogP contribution is 2.19. The van der Waals surface area contributed by atoms with E-state index in [9.17, 15) is 4.79 Å². The second-order valence-electron chi connectivity index (χ2n) is 5.10. The van der Waals surface area contributed by atoms with Crippen LogP contribution in [0.5, 0.6) is 5.75 Å². The predicted molar refractivity (Wildman–Crippen MR) is 99.4 cm³/mol. The van der Waals surface area contributed by atoms with Gasteiger partial charge in [0.25, 0.3) is 5.91 Å². The highest BCUT2D eigenvalue weighted by atomic mass is 35.5. The van der Waals surface area contributed by atoms with Crippen molar-refractivity contribution in [1.29, 1.82) is 0 Å². The number of hydrogen-bond acceptors (Lipinski definition) is 4. The number of nitrogens with one attached hydrogen (secondary N) is 1. The molecule has 3 aromatic rings. The molecule has 0 fully saturated rings. The molecule has 1 N–H and O–H groups in total. The number of carbonyl (C=O) groups excluding carboxylic acids is 1. The molecule has 0 aliphatic heterocycles. The van der Waals surface area contributed by atoms with Gasteiger partial charge in [-0.05, 0) is 36.4 Å². The first-order valence-corrected chi connectivity index (χ1v) is 8.13. The number of ether oxygens (including phenoxy) is 1. The van der Waals surface area contributed by atoms with Gasteiger partial charge >= 0.3 is 0 Å². The number of fused-ring (bicyclic) bond motifs is 1. The average molecular weight is 374 g/mol. The van der Waals surface area contributed by atoms with Crippen LogP contribution < -0.4 is 10.2 Å². The zero-order chi connectivity index (χ0) is 17.6. The summed E-state index contributed by atoms with van der Waals surface area (Å²) in [5.74, 6) is 0.154. The van der Waals surface area contributed by atoms with Crippen LogP contribution in [-0.4, -0.2) is 23.7 Å². The quantitative estimate of drug-likeness (QED) is 0.416. The summed E-state index contributed by atoms with van der Waals surface area (Å²) in [7, 11) is 0. The van der Waals surface area contributed by atoms with E-state index in [1.165, 1.54) is 6.21 Å². The average Bonchev–Trinajstić information content (AvgIpc) is 2.61. The molecule has 25 heavy (non-hydrogen) atoms. The van der Waals surface area contributed by atoms with Gasteiger partial charge in [-0.15, -0.1) is 0 Å². The van der Waals surface area contributed by atoms with Crippen LogP contribution in [0.1, 0.15) is 5.56 Å². The normalized spacial score (nSPS) is 11.0. The number of rotatable bonds is 5. The number of hydrogen-bond donors (Lipinski definition) is 1. The highest BCUT2D eigenvalue weighted by Gasteiger charge is 2.04. The van der Waals surface area contributed by atoms with Crippen LogP contribution in [-0.2, 0) is 4.79 Å². The SMILES string of the molecule is O=C(COc1ccc(Cl)cc1)N/N=C\c1cc2ccccc2nc1Cl. The van der Waals surface area contributed by atoms with Crippen molar-refractivity contribution in [2.24, 2.45) is 5.10 Å². The van der Waals surface area contributed by atoms with Crippen molar-refractivity contribution in [3.63, 3.8) is 0 Å². The molecule has 7 heteroatoms. The third kappa shape index (κ3) is 4.68. The van der Waals surface area contributed by atoms with Gasteiger partial charge in [-0.25, -0.2) is 10.4 Å². The van der Waals surface area contributed by atoms with E-state index in [-0.39, 0.29) is 6.61 Å². The summed E-state index contributed by atoms with van der Waals surface area (Å²) >= 11 is 11.9. The molecule has 0 spiro atoms. The number of hydrazone groups is 1. The Hall–Kier alpha value is -2.63. The lowest BCUT2D eigenvalue weighted by Gasteiger charge is -2.05. The van der Waals surface area contributed by atoms with Gasteiger partial charge in [-0.2, -0.15) is 5.10 Å². The van der Waals surface area contributed by atoms with Gasteiger partial charge in [0, 0.05) is 16.0 Å². The van der Waals surface area contributed by atoms with Gasteiger partial charge in [0.05, 0.1) is 11.7 Å². The van der Waals surface area contributed by atoms with E-state index in [1.807, 2.05) is 30.3 Å². The molecule has 5 nitrogen and oxygen atoms in total. The van der Waals surface area contributed by atoms with Crippen LogP contribution in [0.15, 0.2) is 59.7 Å². The Balaban J connectivity index is 1.58. The van der Waals surface area contributed by atoms with E-state index >= 15 is 0 Å². The number of halogens is 2. The van der Waals surface area contributed by atoms with E-state index in [2.05, 4.69) is 15.5 Å². The Bertz CT molecular complexity index is 927. The van der Waals surface area contributed by atoms with E-state index in [0.29, 0.717) is 21.5 Å². The number of nitrogens with zero attached hydrogens (tertiary/aromatic N) is 2. The monoisotopic (exact) mass is 373 g/mol. The molecule has 0 atom stereocenters. The minimum atomic E-state index is -0.393. The molecule has 0 radical (unpaired) electrons. The summed E-state index contributed by atoms with van der Waals surface area (Å²) < 4.78 is 5.32. The summed E-state index contributed by atoms with van der Waals surface area (Å²) in [5.41, 5.74) is 3.79. The Morgan fingerprint density at radius 2 is 1.92 bits per heavy atom. The minimum Gasteiger partial charge on any atom is -0.484 e. The van der Waals surface area contributed by atoms with Crippen molar-refractivity contribution in [3.8, 4) is 5.75 Å². The lowest BCUT2D eigenvalue weighted by atomic mass is 10.2. The van der Waals surface area contributed by atoms with Gasteiger partial charge in [-0.1, -0.05) is 41.4 Å². The summed E-state index contributed by atoms with van der Waals surface area (Å²) in [6.07, 6.45) is 1.45. The van der Waals surface area contributed by atoms with Crippen LogP contribution in [0.3, 0.4) is 0 Å². The second kappa shape index (κ2) is 7.96. The van der Waals surface area contributed by atoms with Crippen LogP contribution in [0.25, 0.3) is 10.9 Å². The van der Waals surface area contributed by atoms with Crippen molar-refractivity contribution >= 4 is 46.2 Å². The van der Waals surface area contributed by atoms with Gasteiger partial charge in [0.1, 0.15) is 10.9 Å². The molecule has 126 valence electrons. The number of benzene rings is 2. The van der Waals surface area contributed by atoms with Crippen molar-refractivity contribution in [1.82, 2.24) is 10.4 Å². The van der Waals surface area contributed by atoms with Crippen LogP contribution in [0, 0.1) is 0 Å². The maximum Gasteiger partial charge on any atom is 0.277 e. The molecule has 1 heterocycles. The molecule has 0 aliphatic carbocycles. The minimum absolute atomic E-state index is 0.164. The number of para-hydroxylation sites is 1. The zero-order valence-corrected chi connectivity index (χ0v) is 14.5. The molecule has 0 bridgehead atoms. The van der Waals surface area contributed by atoms with Crippen molar-refractivity contribution < 1.29 is 9.53 Å². The van der Waals surface area contributed by atoms with Crippen LogP contribution in [0.4, 0.5) is 0 Å². The van der Waals surface area contributed by atoms with Crippen molar-refractivity contribution in [2.45, 2.75) is 0 Å². The number of amides is 1. The predicted octanol–water partition coefficient (Wildman–Crippen LogP) is 4.07.